The lowest BCUT2D eigenvalue weighted by Crippen LogP contribution is -2.88. The lowest BCUT2D eigenvalue weighted by Gasteiger charge is -2.10. The Morgan fingerprint density at radius 3 is 2.69 bits per heavy atom. The fourth-order valence-electron chi connectivity index (χ4n) is 2.22. The molecule has 1 aromatic heterocycles. The van der Waals surface area contributed by atoms with Crippen molar-refractivity contribution in [1.82, 2.24) is 4.98 Å². The minimum Gasteiger partial charge on any atom is -0.361 e. The Labute approximate surface area is 97.1 Å². The third-order valence-electron chi connectivity index (χ3n) is 3.39. The fourth-order valence-corrected chi connectivity index (χ4v) is 2.22. The SMILES string of the molecule is CCC(CC)[NH2+]Cc1c[nH]c2ccccc12. The third kappa shape index (κ3) is 2.27. The van der Waals surface area contributed by atoms with Gasteiger partial charge in [0.25, 0.3) is 0 Å². The predicted octanol–water partition coefficient (Wildman–Crippen LogP) is 2.42. The topological polar surface area (TPSA) is 32.4 Å². The van der Waals surface area contributed by atoms with Crippen molar-refractivity contribution in [3.63, 3.8) is 0 Å². The Morgan fingerprint density at radius 1 is 1.19 bits per heavy atom. The quantitative estimate of drug-likeness (QED) is 0.771. The maximum Gasteiger partial charge on any atom is 0.104 e. The van der Waals surface area contributed by atoms with Crippen molar-refractivity contribution in [3.8, 4) is 0 Å². The molecule has 16 heavy (non-hydrogen) atoms. The van der Waals surface area contributed by atoms with Gasteiger partial charge in [0.15, 0.2) is 0 Å². The zero-order chi connectivity index (χ0) is 11.4. The van der Waals surface area contributed by atoms with E-state index in [2.05, 4.69) is 54.6 Å². The first-order chi connectivity index (χ1) is 7.85. The molecular formula is C14H21N2+. The number of hydrogen-bond donors (Lipinski definition) is 2. The molecule has 2 aromatic rings. The van der Waals surface area contributed by atoms with Gasteiger partial charge in [0, 0.05) is 22.7 Å². The number of H-pyrrole nitrogens is 1. The summed E-state index contributed by atoms with van der Waals surface area (Å²) in [5.74, 6) is 0. The summed E-state index contributed by atoms with van der Waals surface area (Å²) in [6.45, 7) is 5.61. The van der Waals surface area contributed by atoms with E-state index in [1.807, 2.05) is 0 Å². The zero-order valence-corrected chi connectivity index (χ0v) is 10.2. The van der Waals surface area contributed by atoms with Crippen LogP contribution in [0.2, 0.25) is 0 Å². The van der Waals surface area contributed by atoms with Crippen LogP contribution in [-0.4, -0.2) is 11.0 Å². The van der Waals surface area contributed by atoms with Crippen molar-refractivity contribution in [2.75, 3.05) is 0 Å². The number of para-hydroxylation sites is 1. The van der Waals surface area contributed by atoms with Crippen molar-refractivity contribution in [1.29, 1.82) is 0 Å². The highest BCUT2D eigenvalue weighted by Crippen LogP contribution is 2.16. The number of aromatic amines is 1. The van der Waals surface area contributed by atoms with Crippen LogP contribution in [0.1, 0.15) is 32.3 Å². The average Bonchev–Trinajstić information content (AvgIpc) is 2.74. The van der Waals surface area contributed by atoms with E-state index in [9.17, 15) is 0 Å². The van der Waals surface area contributed by atoms with Gasteiger partial charge in [0.2, 0.25) is 0 Å². The summed E-state index contributed by atoms with van der Waals surface area (Å²) in [4.78, 5) is 3.33. The molecule has 0 aliphatic heterocycles. The Hall–Kier alpha value is -1.28. The molecular weight excluding hydrogens is 196 g/mol. The minimum absolute atomic E-state index is 0.758. The first-order valence-corrected chi connectivity index (χ1v) is 6.23. The molecule has 1 heterocycles. The van der Waals surface area contributed by atoms with Crippen LogP contribution in [0, 0.1) is 0 Å². The van der Waals surface area contributed by atoms with Crippen LogP contribution >= 0.6 is 0 Å². The van der Waals surface area contributed by atoms with Gasteiger partial charge in [-0.2, -0.15) is 0 Å². The van der Waals surface area contributed by atoms with Crippen LogP contribution in [0.3, 0.4) is 0 Å². The van der Waals surface area contributed by atoms with Crippen molar-refractivity contribution < 1.29 is 5.32 Å². The second kappa shape index (κ2) is 5.17. The van der Waals surface area contributed by atoms with E-state index >= 15 is 0 Å². The second-order valence-corrected chi connectivity index (χ2v) is 4.38. The Kier molecular flexibility index (Phi) is 3.62. The zero-order valence-electron chi connectivity index (χ0n) is 10.2. The van der Waals surface area contributed by atoms with E-state index in [1.165, 1.54) is 29.3 Å². The van der Waals surface area contributed by atoms with Gasteiger partial charge in [0.1, 0.15) is 6.54 Å². The molecule has 0 spiro atoms. The molecule has 2 heteroatoms. The van der Waals surface area contributed by atoms with Gasteiger partial charge >= 0.3 is 0 Å². The van der Waals surface area contributed by atoms with Gasteiger partial charge in [-0.25, -0.2) is 0 Å². The molecule has 0 aliphatic carbocycles. The van der Waals surface area contributed by atoms with Crippen molar-refractivity contribution >= 4 is 10.9 Å². The number of quaternary nitrogens is 1. The van der Waals surface area contributed by atoms with E-state index < -0.39 is 0 Å². The monoisotopic (exact) mass is 217 g/mol. The first-order valence-electron chi connectivity index (χ1n) is 6.23. The largest absolute Gasteiger partial charge is 0.361 e. The smallest absolute Gasteiger partial charge is 0.104 e. The molecule has 86 valence electrons. The van der Waals surface area contributed by atoms with E-state index in [-0.39, 0.29) is 0 Å². The van der Waals surface area contributed by atoms with Crippen LogP contribution in [0.25, 0.3) is 10.9 Å². The maximum atomic E-state index is 3.33. The maximum absolute atomic E-state index is 3.33. The third-order valence-corrected chi connectivity index (χ3v) is 3.39. The lowest BCUT2D eigenvalue weighted by atomic mass is 10.1. The van der Waals surface area contributed by atoms with Crippen LogP contribution in [-0.2, 0) is 6.54 Å². The number of aromatic nitrogens is 1. The summed E-state index contributed by atoms with van der Waals surface area (Å²) in [5, 5.41) is 3.82. The van der Waals surface area contributed by atoms with E-state index in [0.717, 1.165) is 12.6 Å². The van der Waals surface area contributed by atoms with E-state index in [0.29, 0.717) is 0 Å². The molecule has 0 fully saturated rings. The number of fused-ring (bicyclic) bond motifs is 1. The predicted molar refractivity (Wildman–Crippen MR) is 68.3 cm³/mol. The van der Waals surface area contributed by atoms with Gasteiger partial charge in [-0.05, 0) is 18.9 Å². The highest BCUT2D eigenvalue weighted by molar-refractivity contribution is 5.82. The van der Waals surface area contributed by atoms with Crippen molar-refractivity contribution in [3.05, 3.63) is 36.0 Å². The van der Waals surface area contributed by atoms with Gasteiger partial charge in [0.05, 0.1) is 6.04 Å². The minimum atomic E-state index is 0.758. The van der Waals surface area contributed by atoms with Crippen LogP contribution in [0.5, 0.6) is 0 Å². The van der Waals surface area contributed by atoms with Gasteiger partial charge in [-0.1, -0.05) is 32.0 Å². The summed E-state index contributed by atoms with van der Waals surface area (Å²) in [7, 11) is 0. The average molecular weight is 217 g/mol. The van der Waals surface area contributed by atoms with Crippen LogP contribution < -0.4 is 5.32 Å². The second-order valence-electron chi connectivity index (χ2n) is 4.38. The molecule has 2 nitrogen and oxygen atoms in total. The molecule has 0 unspecified atom stereocenters. The summed E-state index contributed by atoms with van der Waals surface area (Å²) < 4.78 is 0. The van der Waals surface area contributed by atoms with Crippen molar-refractivity contribution in [2.45, 2.75) is 39.3 Å². The van der Waals surface area contributed by atoms with Crippen LogP contribution in [0.15, 0.2) is 30.5 Å². The molecule has 0 amide bonds. The highest BCUT2D eigenvalue weighted by Gasteiger charge is 2.08. The van der Waals surface area contributed by atoms with E-state index in [1.54, 1.807) is 0 Å². The molecule has 0 saturated heterocycles. The molecule has 0 aliphatic rings. The molecule has 0 atom stereocenters. The lowest BCUT2D eigenvalue weighted by molar-refractivity contribution is -0.704. The standard InChI is InChI=1S/C14H20N2/c1-3-12(4-2)15-9-11-10-16-14-8-6-5-7-13(11)14/h5-8,10,12,15-16H,3-4,9H2,1-2H3/p+1. The summed E-state index contributed by atoms with van der Waals surface area (Å²) >= 11 is 0. The number of benzene rings is 1. The summed E-state index contributed by atoms with van der Waals surface area (Å²) in [5.41, 5.74) is 2.66. The Balaban J connectivity index is 2.09. The van der Waals surface area contributed by atoms with Crippen LogP contribution in [0.4, 0.5) is 0 Å². The highest BCUT2D eigenvalue weighted by atomic mass is 14.9. The first kappa shape index (κ1) is 11.2. The molecule has 1 aromatic carbocycles. The Bertz CT molecular complexity index is 441. The summed E-state index contributed by atoms with van der Waals surface area (Å²) in [6.07, 6.45) is 4.64. The van der Waals surface area contributed by atoms with Gasteiger partial charge in [-0.15, -0.1) is 0 Å². The summed E-state index contributed by atoms with van der Waals surface area (Å²) in [6, 6.07) is 9.27. The fraction of sp³-hybridized carbons (Fsp3) is 0.429. The van der Waals surface area contributed by atoms with Crippen molar-refractivity contribution in [2.24, 2.45) is 0 Å². The molecule has 0 bridgehead atoms. The number of nitrogens with two attached hydrogens (primary N) is 1. The number of nitrogens with one attached hydrogen (secondary N) is 1. The number of rotatable bonds is 5. The number of hydrogen-bond acceptors (Lipinski definition) is 0. The molecule has 3 N–H and O–H groups in total. The molecule has 2 rings (SSSR count). The molecule has 0 saturated carbocycles. The normalized spacial score (nSPS) is 11.4. The van der Waals surface area contributed by atoms with E-state index in [4.69, 9.17) is 0 Å². The molecule has 0 radical (unpaired) electrons. The van der Waals surface area contributed by atoms with Gasteiger partial charge < -0.3 is 10.3 Å². The van der Waals surface area contributed by atoms with Gasteiger partial charge in [-0.3, -0.25) is 0 Å². The Morgan fingerprint density at radius 2 is 1.94 bits per heavy atom.